The Morgan fingerprint density at radius 2 is 1.47 bits per heavy atom. The molecule has 0 heterocycles. The number of Topliss-reactive ketones (excluding diaryl/α,β-unsaturated/α-hetero) is 1. The highest BCUT2D eigenvalue weighted by atomic mass is 19.4. The van der Waals surface area contributed by atoms with Crippen molar-refractivity contribution in [3.63, 3.8) is 0 Å². The zero-order valence-electron chi connectivity index (χ0n) is 8.48. The summed E-state index contributed by atoms with van der Waals surface area (Å²) in [6.45, 7) is 1.31. The van der Waals surface area contributed by atoms with Gasteiger partial charge in [0.1, 0.15) is 12.2 Å². The van der Waals surface area contributed by atoms with Crippen LogP contribution in [-0.2, 0) is 14.3 Å². The van der Waals surface area contributed by atoms with E-state index in [9.17, 15) is 35.9 Å². The van der Waals surface area contributed by atoms with Gasteiger partial charge in [0, 0.05) is 6.42 Å². The fourth-order valence-electron chi connectivity index (χ4n) is 0.778. The Kier molecular flexibility index (Phi) is 4.96. The molecule has 0 rings (SSSR count). The van der Waals surface area contributed by atoms with E-state index in [1.807, 2.05) is 0 Å². The molecule has 0 aliphatic rings. The molecule has 0 saturated carbocycles. The summed E-state index contributed by atoms with van der Waals surface area (Å²) >= 11 is 0. The van der Waals surface area contributed by atoms with Gasteiger partial charge in [-0.15, -0.1) is 0 Å². The Morgan fingerprint density at radius 3 is 1.76 bits per heavy atom. The van der Waals surface area contributed by atoms with Gasteiger partial charge in [-0.25, -0.2) is 0 Å². The summed E-state index contributed by atoms with van der Waals surface area (Å²) in [5.41, 5.74) is 0. The van der Waals surface area contributed by atoms with Crippen LogP contribution in [0.5, 0.6) is 0 Å². The van der Waals surface area contributed by atoms with Gasteiger partial charge in [0.05, 0.1) is 0 Å². The Balaban J connectivity index is 4.68. The minimum atomic E-state index is -5.76. The van der Waals surface area contributed by atoms with E-state index in [-0.39, 0.29) is 6.42 Å². The van der Waals surface area contributed by atoms with Crippen LogP contribution < -0.4 is 0 Å². The summed E-state index contributed by atoms with van der Waals surface area (Å²) in [5, 5.41) is 0. The van der Waals surface area contributed by atoms with Gasteiger partial charge >= 0.3 is 18.3 Å². The molecule has 0 saturated heterocycles. The van der Waals surface area contributed by atoms with Crippen molar-refractivity contribution in [3.05, 3.63) is 0 Å². The van der Waals surface area contributed by atoms with Gasteiger partial charge in [-0.3, -0.25) is 9.59 Å². The number of esters is 1. The first-order chi connectivity index (χ1) is 7.48. The zero-order chi connectivity index (χ0) is 13.9. The SMILES string of the molecule is CCC(=O)CC(=O)OC(C(F)(F)F)C(F)(F)F. The first-order valence-corrected chi connectivity index (χ1v) is 4.33. The third-order valence-corrected chi connectivity index (χ3v) is 1.58. The lowest BCUT2D eigenvalue weighted by Gasteiger charge is -2.22. The number of ketones is 1. The van der Waals surface area contributed by atoms with Crippen LogP contribution in [0.3, 0.4) is 0 Å². The molecule has 17 heavy (non-hydrogen) atoms. The van der Waals surface area contributed by atoms with Gasteiger partial charge in [-0.05, 0) is 0 Å². The fourth-order valence-corrected chi connectivity index (χ4v) is 0.778. The highest BCUT2D eigenvalue weighted by Gasteiger charge is 2.59. The third kappa shape index (κ3) is 5.55. The molecule has 0 unspecified atom stereocenters. The van der Waals surface area contributed by atoms with Crippen LogP contribution in [0.2, 0.25) is 0 Å². The van der Waals surface area contributed by atoms with Crippen LogP contribution in [-0.4, -0.2) is 30.2 Å². The van der Waals surface area contributed by atoms with Gasteiger partial charge in [0.15, 0.2) is 0 Å². The summed E-state index contributed by atoms with van der Waals surface area (Å²) in [7, 11) is 0. The highest BCUT2D eigenvalue weighted by molar-refractivity contribution is 5.95. The van der Waals surface area contributed by atoms with Crippen LogP contribution in [0.4, 0.5) is 26.3 Å². The van der Waals surface area contributed by atoms with E-state index in [1.54, 1.807) is 0 Å². The molecule has 0 spiro atoms. The molecule has 100 valence electrons. The number of rotatable bonds is 4. The van der Waals surface area contributed by atoms with Crippen molar-refractivity contribution in [2.45, 2.75) is 38.2 Å². The Bertz CT molecular complexity index is 279. The molecule has 0 fully saturated rings. The van der Waals surface area contributed by atoms with Crippen molar-refractivity contribution in [3.8, 4) is 0 Å². The number of ether oxygens (including phenoxy) is 1. The summed E-state index contributed by atoms with van der Waals surface area (Å²) in [5.74, 6) is -2.66. The van der Waals surface area contributed by atoms with Gasteiger partial charge < -0.3 is 4.74 Å². The van der Waals surface area contributed by atoms with Crippen molar-refractivity contribution < 1.29 is 40.7 Å². The maximum absolute atomic E-state index is 11.9. The van der Waals surface area contributed by atoms with E-state index >= 15 is 0 Å². The van der Waals surface area contributed by atoms with Crippen molar-refractivity contribution >= 4 is 11.8 Å². The third-order valence-electron chi connectivity index (χ3n) is 1.58. The van der Waals surface area contributed by atoms with Crippen LogP contribution in [0.25, 0.3) is 0 Å². The first-order valence-electron chi connectivity index (χ1n) is 4.33. The quantitative estimate of drug-likeness (QED) is 0.446. The smallest absolute Gasteiger partial charge is 0.434 e. The van der Waals surface area contributed by atoms with Gasteiger partial charge in [-0.2, -0.15) is 26.3 Å². The number of halogens is 6. The number of hydrogen-bond donors (Lipinski definition) is 0. The lowest BCUT2D eigenvalue weighted by Crippen LogP contribution is -2.45. The molecular formula is C8H8F6O3. The van der Waals surface area contributed by atoms with Gasteiger partial charge in [-0.1, -0.05) is 6.92 Å². The molecule has 0 N–H and O–H groups in total. The van der Waals surface area contributed by atoms with E-state index in [4.69, 9.17) is 0 Å². The van der Waals surface area contributed by atoms with Crippen LogP contribution >= 0.6 is 0 Å². The molecule has 0 atom stereocenters. The maximum Gasteiger partial charge on any atom is 0.434 e. The van der Waals surface area contributed by atoms with Crippen LogP contribution in [0.15, 0.2) is 0 Å². The molecule has 0 aromatic carbocycles. The second-order valence-electron chi connectivity index (χ2n) is 3.02. The summed E-state index contributed by atoms with van der Waals surface area (Å²) < 4.78 is 74.7. The molecule has 0 radical (unpaired) electrons. The first kappa shape index (κ1) is 15.7. The van der Waals surface area contributed by atoms with E-state index in [2.05, 4.69) is 4.74 Å². The Labute approximate surface area is 91.7 Å². The van der Waals surface area contributed by atoms with E-state index in [0.717, 1.165) is 0 Å². The highest BCUT2D eigenvalue weighted by Crippen LogP contribution is 2.35. The standard InChI is InChI=1S/C8H8F6O3/c1-2-4(15)3-5(16)17-6(7(9,10)11)8(12,13)14/h6H,2-3H2,1H3. The average Bonchev–Trinajstić information content (AvgIpc) is 2.10. The number of carbonyl (C=O) groups excluding carboxylic acids is 2. The Morgan fingerprint density at radius 1 is 1.06 bits per heavy atom. The largest absolute Gasteiger partial charge is 0.442 e. The second-order valence-corrected chi connectivity index (χ2v) is 3.02. The van der Waals surface area contributed by atoms with E-state index in [1.165, 1.54) is 6.92 Å². The second kappa shape index (κ2) is 5.37. The molecule has 0 bridgehead atoms. The topological polar surface area (TPSA) is 43.4 Å². The van der Waals surface area contributed by atoms with Gasteiger partial charge in [0.2, 0.25) is 0 Å². The maximum atomic E-state index is 11.9. The molecule has 0 aliphatic carbocycles. The van der Waals surface area contributed by atoms with Gasteiger partial charge in [0.25, 0.3) is 6.10 Å². The van der Waals surface area contributed by atoms with Crippen molar-refractivity contribution in [2.75, 3.05) is 0 Å². The predicted molar refractivity (Wildman–Crippen MR) is 41.9 cm³/mol. The Hall–Kier alpha value is -1.28. The average molecular weight is 266 g/mol. The minimum Gasteiger partial charge on any atom is -0.442 e. The summed E-state index contributed by atoms with van der Waals surface area (Å²) in [6.07, 6.45) is -17.0. The number of carbonyl (C=O) groups is 2. The summed E-state index contributed by atoms with van der Waals surface area (Å²) in [6, 6.07) is 0. The predicted octanol–water partition coefficient (Wildman–Crippen LogP) is 2.39. The van der Waals surface area contributed by atoms with Crippen LogP contribution in [0, 0.1) is 0 Å². The number of alkyl halides is 6. The fraction of sp³-hybridized carbons (Fsp3) is 0.750. The minimum absolute atomic E-state index is 0.183. The molecular weight excluding hydrogens is 258 g/mol. The van der Waals surface area contributed by atoms with Crippen LogP contribution in [0.1, 0.15) is 19.8 Å². The van der Waals surface area contributed by atoms with E-state index in [0.29, 0.717) is 0 Å². The number of hydrogen-bond acceptors (Lipinski definition) is 3. The lowest BCUT2D eigenvalue weighted by atomic mass is 10.2. The molecule has 9 heteroatoms. The molecule has 0 amide bonds. The normalized spacial score (nSPS) is 12.7. The van der Waals surface area contributed by atoms with Crippen molar-refractivity contribution in [1.29, 1.82) is 0 Å². The monoisotopic (exact) mass is 266 g/mol. The lowest BCUT2D eigenvalue weighted by molar-refractivity contribution is -0.313. The van der Waals surface area contributed by atoms with Crippen molar-refractivity contribution in [1.82, 2.24) is 0 Å². The molecule has 0 aromatic rings. The molecule has 0 aliphatic heterocycles. The van der Waals surface area contributed by atoms with Crippen molar-refractivity contribution in [2.24, 2.45) is 0 Å². The summed E-state index contributed by atoms with van der Waals surface area (Å²) in [4.78, 5) is 21.3. The zero-order valence-corrected chi connectivity index (χ0v) is 8.48. The molecule has 3 nitrogen and oxygen atoms in total. The van der Waals surface area contributed by atoms with E-state index < -0.39 is 36.6 Å². The molecule has 0 aromatic heterocycles.